The van der Waals surface area contributed by atoms with Gasteiger partial charge in [-0.1, -0.05) is 23.7 Å². The van der Waals surface area contributed by atoms with Crippen molar-refractivity contribution >= 4 is 11.6 Å². The molecule has 1 unspecified atom stereocenters. The molecule has 1 aliphatic heterocycles. The number of halogens is 1. The van der Waals surface area contributed by atoms with Gasteiger partial charge in [-0.3, -0.25) is 0 Å². The van der Waals surface area contributed by atoms with Gasteiger partial charge in [-0.05, 0) is 42.7 Å². The molecule has 5 heteroatoms. The summed E-state index contributed by atoms with van der Waals surface area (Å²) in [6, 6.07) is 10.0. The van der Waals surface area contributed by atoms with Gasteiger partial charge in [0.1, 0.15) is 5.75 Å². The average molecular weight is 348 g/mol. The molecule has 1 N–H and O–H groups in total. The van der Waals surface area contributed by atoms with Crippen LogP contribution in [0.25, 0.3) is 0 Å². The van der Waals surface area contributed by atoms with Gasteiger partial charge in [0.25, 0.3) is 0 Å². The maximum absolute atomic E-state index is 6.31. The second-order valence-corrected chi connectivity index (χ2v) is 6.04. The number of nitrogens with one attached hydrogen (secondary N) is 1. The molecule has 128 valence electrons. The fraction of sp³-hybridized carbons (Fsp3) is 0.368. The third kappa shape index (κ3) is 3.04. The fourth-order valence-corrected chi connectivity index (χ4v) is 3.49. The molecule has 0 spiro atoms. The normalized spacial score (nSPS) is 16.4. The molecule has 0 amide bonds. The van der Waals surface area contributed by atoms with Gasteiger partial charge in [-0.2, -0.15) is 0 Å². The molecular weight excluding hydrogens is 326 g/mol. The Morgan fingerprint density at radius 2 is 1.88 bits per heavy atom. The van der Waals surface area contributed by atoms with E-state index in [-0.39, 0.29) is 6.04 Å². The van der Waals surface area contributed by atoms with E-state index < -0.39 is 0 Å². The first-order valence-corrected chi connectivity index (χ1v) is 8.46. The molecule has 2 aromatic rings. The van der Waals surface area contributed by atoms with Crippen LogP contribution in [-0.4, -0.2) is 27.4 Å². The summed E-state index contributed by atoms with van der Waals surface area (Å²) in [6.45, 7) is 3.47. The second kappa shape index (κ2) is 7.32. The van der Waals surface area contributed by atoms with E-state index in [1.165, 1.54) is 11.1 Å². The highest BCUT2D eigenvalue weighted by Crippen LogP contribution is 2.41. The van der Waals surface area contributed by atoms with Gasteiger partial charge in [-0.25, -0.2) is 0 Å². The standard InChI is InChI=1S/C19H22ClNO3/c1-4-24-19-14-9-10-21-18(13(14)6-8-17(19)23-3)12-5-7-16(22-2)15(20)11-12/h5-8,11,18,21H,4,9-10H2,1-3H3. The predicted octanol–water partition coefficient (Wildman–Crippen LogP) is 3.99. The number of ether oxygens (including phenoxy) is 3. The average Bonchev–Trinajstić information content (AvgIpc) is 2.61. The lowest BCUT2D eigenvalue weighted by Crippen LogP contribution is -2.31. The Morgan fingerprint density at radius 3 is 2.54 bits per heavy atom. The minimum Gasteiger partial charge on any atom is -0.495 e. The minimum atomic E-state index is 0.0715. The van der Waals surface area contributed by atoms with E-state index in [1.54, 1.807) is 14.2 Å². The molecule has 0 saturated carbocycles. The van der Waals surface area contributed by atoms with Gasteiger partial charge in [0, 0.05) is 12.1 Å². The van der Waals surface area contributed by atoms with E-state index in [2.05, 4.69) is 11.4 Å². The number of fused-ring (bicyclic) bond motifs is 1. The summed E-state index contributed by atoms with van der Waals surface area (Å²) in [5.74, 6) is 2.31. The molecule has 0 radical (unpaired) electrons. The van der Waals surface area contributed by atoms with Crippen molar-refractivity contribution in [2.45, 2.75) is 19.4 Å². The van der Waals surface area contributed by atoms with Crippen molar-refractivity contribution in [1.82, 2.24) is 5.32 Å². The summed E-state index contributed by atoms with van der Waals surface area (Å²) in [6.07, 6.45) is 0.905. The fourth-order valence-electron chi connectivity index (χ4n) is 3.22. The van der Waals surface area contributed by atoms with Gasteiger partial charge in [0.05, 0.1) is 31.9 Å². The third-order valence-electron chi connectivity index (χ3n) is 4.31. The Morgan fingerprint density at radius 1 is 1.12 bits per heavy atom. The second-order valence-electron chi connectivity index (χ2n) is 5.63. The molecule has 0 saturated heterocycles. The zero-order valence-corrected chi connectivity index (χ0v) is 14.9. The first-order valence-electron chi connectivity index (χ1n) is 8.09. The van der Waals surface area contributed by atoms with E-state index in [0.717, 1.165) is 30.0 Å². The molecule has 0 bridgehead atoms. The highest BCUT2D eigenvalue weighted by Gasteiger charge is 2.26. The van der Waals surface area contributed by atoms with Gasteiger partial charge < -0.3 is 19.5 Å². The molecule has 24 heavy (non-hydrogen) atoms. The summed E-state index contributed by atoms with van der Waals surface area (Å²) in [4.78, 5) is 0. The van der Waals surface area contributed by atoms with Crippen LogP contribution in [-0.2, 0) is 6.42 Å². The summed E-state index contributed by atoms with van der Waals surface area (Å²) in [7, 11) is 3.29. The summed E-state index contributed by atoms with van der Waals surface area (Å²) >= 11 is 6.31. The number of methoxy groups -OCH3 is 2. The predicted molar refractivity (Wildman–Crippen MR) is 95.7 cm³/mol. The molecule has 4 nitrogen and oxygen atoms in total. The molecule has 0 fully saturated rings. The van der Waals surface area contributed by atoms with E-state index >= 15 is 0 Å². The van der Waals surface area contributed by atoms with Crippen LogP contribution in [0.4, 0.5) is 0 Å². The zero-order valence-electron chi connectivity index (χ0n) is 14.2. The van der Waals surface area contributed by atoms with Crippen molar-refractivity contribution in [2.75, 3.05) is 27.4 Å². The maximum atomic E-state index is 6.31. The number of hydrogen-bond acceptors (Lipinski definition) is 4. The Bertz CT molecular complexity index is 733. The van der Waals surface area contributed by atoms with Crippen molar-refractivity contribution in [3.8, 4) is 17.2 Å². The lowest BCUT2D eigenvalue weighted by molar-refractivity contribution is 0.305. The van der Waals surface area contributed by atoms with Crippen LogP contribution in [0, 0.1) is 0 Å². The zero-order chi connectivity index (χ0) is 17.1. The van der Waals surface area contributed by atoms with E-state index in [1.807, 2.05) is 31.2 Å². The topological polar surface area (TPSA) is 39.7 Å². The van der Waals surface area contributed by atoms with E-state index in [0.29, 0.717) is 17.4 Å². The maximum Gasteiger partial charge on any atom is 0.164 e. The van der Waals surface area contributed by atoms with Crippen LogP contribution in [0.3, 0.4) is 0 Å². The monoisotopic (exact) mass is 347 g/mol. The third-order valence-corrected chi connectivity index (χ3v) is 4.61. The Hall–Kier alpha value is -1.91. The molecule has 1 atom stereocenters. The van der Waals surface area contributed by atoms with Gasteiger partial charge in [0.15, 0.2) is 11.5 Å². The van der Waals surface area contributed by atoms with Crippen LogP contribution >= 0.6 is 11.6 Å². The molecule has 1 aliphatic rings. The van der Waals surface area contributed by atoms with Crippen LogP contribution in [0.1, 0.15) is 29.7 Å². The highest BCUT2D eigenvalue weighted by molar-refractivity contribution is 6.32. The Balaban J connectivity index is 2.06. The smallest absolute Gasteiger partial charge is 0.164 e. The largest absolute Gasteiger partial charge is 0.495 e. The minimum absolute atomic E-state index is 0.0715. The van der Waals surface area contributed by atoms with Gasteiger partial charge in [0.2, 0.25) is 0 Å². The molecule has 3 rings (SSSR count). The first kappa shape index (κ1) is 16.9. The van der Waals surface area contributed by atoms with Gasteiger partial charge >= 0.3 is 0 Å². The quantitative estimate of drug-likeness (QED) is 0.887. The lowest BCUT2D eigenvalue weighted by atomic mass is 9.89. The van der Waals surface area contributed by atoms with E-state index in [9.17, 15) is 0 Å². The van der Waals surface area contributed by atoms with Crippen molar-refractivity contribution in [2.24, 2.45) is 0 Å². The molecular formula is C19H22ClNO3. The van der Waals surface area contributed by atoms with Crippen LogP contribution in [0.5, 0.6) is 17.2 Å². The molecule has 2 aromatic carbocycles. The molecule has 1 heterocycles. The number of hydrogen-bond donors (Lipinski definition) is 1. The van der Waals surface area contributed by atoms with Crippen molar-refractivity contribution in [3.63, 3.8) is 0 Å². The summed E-state index contributed by atoms with van der Waals surface area (Å²) in [5.41, 5.74) is 3.51. The Kier molecular flexibility index (Phi) is 5.17. The van der Waals surface area contributed by atoms with Gasteiger partial charge in [-0.15, -0.1) is 0 Å². The summed E-state index contributed by atoms with van der Waals surface area (Å²) in [5, 5.41) is 4.18. The number of benzene rings is 2. The van der Waals surface area contributed by atoms with E-state index in [4.69, 9.17) is 25.8 Å². The highest BCUT2D eigenvalue weighted by atomic mass is 35.5. The summed E-state index contributed by atoms with van der Waals surface area (Å²) < 4.78 is 16.6. The SMILES string of the molecule is CCOc1c(OC)ccc2c1CCNC2c1ccc(OC)c(Cl)c1. The molecule has 0 aliphatic carbocycles. The molecule has 0 aromatic heterocycles. The van der Waals surface area contributed by atoms with Crippen LogP contribution in [0.15, 0.2) is 30.3 Å². The first-order chi connectivity index (χ1) is 11.7. The van der Waals surface area contributed by atoms with Crippen molar-refractivity contribution in [1.29, 1.82) is 0 Å². The van der Waals surface area contributed by atoms with Crippen LogP contribution < -0.4 is 19.5 Å². The van der Waals surface area contributed by atoms with Crippen molar-refractivity contribution in [3.05, 3.63) is 52.0 Å². The van der Waals surface area contributed by atoms with Crippen LogP contribution in [0.2, 0.25) is 5.02 Å². The van der Waals surface area contributed by atoms with Crippen molar-refractivity contribution < 1.29 is 14.2 Å². The lowest BCUT2D eigenvalue weighted by Gasteiger charge is -2.29. The Labute approximate surface area is 147 Å². The number of rotatable bonds is 5.